The molecule has 0 amide bonds. The molecule has 0 bridgehead atoms. The lowest BCUT2D eigenvalue weighted by Crippen LogP contribution is -2.23. The standard InChI is InChI=1S/C22H20ClN5O/c23-15-8-6-7-14(13-15)21-27-28-22(29-21)20-25-18-12-5-4-11-17(18)19(26-20)24-16-9-2-1-3-10-16/h4-8,11-13,16H,1-3,9-10H2,(H,24,25,26). The average molecular weight is 406 g/mol. The zero-order valence-corrected chi connectivity index (χ0v) is 16.6. The summed E-state index contributed by atoms with van der Waals surface area (Å²) in [7, 11) is 0. The van der Waals surface area contributed by atoms with E-state index in [1.54, 1.807) is 12.1 Å². The number of halogens is 1. The highest BCUT2D eigenvalue weighted by Crippen LogP contribution is 2.29. The first-order valence-electron chi connectivity index (χ1n) is 9.89. The van der Waals surface area contributed by atoms with Crippen LogP contribution < -0.4 is 5.32 Å². The van der Waals surface area contributed by atoms with E-state index in [0.29, 0.717) is 22.8 Å². The highest BCUT2D eigenvalue weighted by atomic mass is 35.5. The van der Waals surface area contributed by atoms with Crippen LogP contribution >= 0.6 is 11.6 Å². The second kappa shape index (κ2) is 7.79. The van der Waals surface area contributed by atoms with Gasteiger partial charge < -0.3 is 9.73 Å². The summed E-state index contributed by atoms with van der Waals surface area (Å²) < 4.78 is 5.87. The van der Waals surface area contributed by atoms with E-state index < -0.39 is 0 Å². The van der Waals surface area contributed by atoms with E-state index in [-0.39, 0.29) is 5.89 Å². The molecule has 1 aliphatic rings. The molecule has 6 nitrogen and oxygen atoms in total. The van der Waals surface area contributed by atoms with Gasteiger partial charge in [-0.25, -0.2) is 9.97 Å². The second-order valence-electron chi connectivity index (χ2n) is 7.31. The molecule has 0 atom stereocenters. The molecule has 5 rings (SSSR count). The Balaban J connectivity index is 1.53. The molecule has 4 aromatic rings. The first-order valence-corrected chi connectivity index (χ1v) is 10.3. The van der Waals surface area contributed by atoms with E-state index in [2.05, 4.69) is 20.5 Å². The molecular weight excluding hydrogens is 386 g/mol. The molecule has 1 N–H and O–H groups in total. The quantitative estimate of drug-likeness (QED) is 0.466. The van der Waals surface area contributed by atoms with Gasteiger partial charge in [0, 0.05) is 22.0 Å². The fourth-order valence-electron chi connectivity index (χ4n) is 3.77. The predicted molar refractivity (Wildman–Crippen MR) is 114 cm³/mol. The summed E-state index contributed by atoms with van der Waals surface area (Å²) in [6.07, 6.45) is 6.13. The van der Waals surface area contributed by atoms with Crippen molar-refractivity contribution in [3.8, 4) is 23.2 Å². The van der Waals surface area contributed by atoms with Crippen LogP contribution in [0.3, 0.4) is 0 Å². The fraction of sp³-hybridized carbons (Fsp3) is 0.273. The number of hydrogen-bond acceptors (Lipinski definition) is 6. The van der Waals surface area contributed by atoms with Crippen molar-refractivity contribution in [2.24, 2.45) is 0 Å². The van der Waals surface area contributed by atoms with E-state index in [1.807, 2.05) is 36.4 Å². The summed E-state index contributed by atoms with van der Waals surface area (Å²) >= 11 is 6.07. The molecule has 0 aliphatic heterocycles. The van der Waals surface area contributed by atoms with Gasteiger partial charge >= 0.3 is 0 Å². The minimum Gasteiger partial charge on any atom is -0.413 e. The Morgan fingerprint density at radius 1 is 0.897 bits per heavy atom. The molecule has 2 heterocycles. The Kier molecular flexibility index (Phi) is 4.86. The van der Waals surface area contributed by atoms with Gasteiger partial charge in [0.05, 0.1) is 5.52 Å². The van der Waals surface area contributed by atoms with Crippen LogP contribution in [0.25, 0.3) is 34.1 Å². The Morgan fingerprint density at radius 3 is 2.59 bits per heavy atom. The number of anilines is 1. The Bertz CT molecular complexity index is 1150. The van der Waals surface area contributed by atoms with Gasteiger partial charge in [0.25, 0.3) is 5.89 Å². The van der Waals surface area contributed by atoms with Crippen LogP contribution in [-0.4, -0.2) is 26.2 Å². The second-order valence-corrected chi connectivity index (χ2v) is 7.75. The zero-order valence-electron chi connectivity index (χ0n) is 15.8. The Morgan fingerprint density at radius 2 is 1.72 bits per heavy atom. The maximum Gasteiger partial charge on any atom is 0.286 e. The molecule has 0 saturated heterocycles. The van der Waals surface area contributed by atoms with Crippen LogP contribution in [0.5, 0.6) is 0 Å². The van der Waals surface area contributed by atoms with Crippen molar-refractivity contribution in [3.05, 3.63) is 53.6 Å². The number of fused-ring (bicyclic) bond motifs is 1. The summed E-state index contributed by atoms with van der Waals surface area (Å²) in [6, 6.07) is 15.7. The number of nitrogens with one attached hydrogen (secondary N) is 1. The number of hydrogen-bond donors (Lipinski definition) is 1. The highest BCUT2D eigenvalue weighted by Gasteiger charge is 2.19. The molecular formula is C22H20ClN5O. The van der Waals surface area contributed by atoms with E-state index in [0.717, 1.165) is 35.1 Å². The Hall–Kier alpha value is -2.99. The van der Waals surface area contributed by atoms with Crippen molar-refractivity contribution >= 4 is 28.3 Å². The molecule has 29 heavy (non-hydrogen) atoms. The molecule has 2 aromatic heterocycles. The summed E-state index contributed by atoms with van der Waals surface area (Å²) in [5, 5.41) is 13.6. The van der Waals surface area contributed by atoms with Crippen LogP contribution in [0.15, 0.2) is 52.9 Å². The van der Waals surface area contributed by atoms with Gasteiger partial charge in [-0.15, -0.1) is 10.2 Å². The van der Waals surface area contributed by atoms with Crippen LogP contribution in [0, 0.1) is 0 Å². The van der Waals surface area contributed by atoms with Crippen molar-refractivity contribution in [2.75, 3.05) is 5.32 Å². The summed E-state index contributed by atoms with van der Waals surface area (Å²) in [5.74, 6) is 1.92. The van der Waals surface area contributed by atoms with Gasteiger partial charge in [0.2, 0.25) is 11.7 Å². The SMILES string of the molecule is Clc1cccc(-c2nnc(-c3nc(NC4CCCCC4)c4ccccc4n3)o2)c1. The minimum absolute atomic E-state index is 0.289. The number of para-hydroxylation sites is 1. The van der Waals surface area contributed by atoms with Crippen molar-refractivity contribution in [1.29, 1.82) is 0 Å². The molecule has 0 unspecified atom stereocenters. The predicted octanol–water partition coefficient (Wildman–Crippen LogP) is 5.74. The summed E-state index contributed by atoms with van der Waals surface area (Å²) in [6.45, 7) is 0. The zero-order chi connectivity index (χ0) is 19.6. The molecule has 0 radical (unpaired) electrons. The number of nitrogens with zero attached hydrogens (tertiary/aromatic N) is 4. The van der Waals surface area contributed by atoms with Gasteiger partial charge in [-0.05, 0) is 43.2 Å². The van der Waals surface area contributed by atoms with E-state index in [1.165, 1.54) is 19.3 Å². The lowest BCUT2D eigenvalue weighted by molar-refractivity contribution is 0.462. The largest absolute Gasteiger partial charge is 0.413 e. The van der Waals surface area contributed by atoms with Crippen LogP contribution in [0.2, 0.25) is 5.02 Å². The number of rotatable bonds is 4. The van der Waals surface area contributed by atoms with Gasteiger partial charge in [-0.2, -0.15) is 0 Å². The molecule has 2 aromatic carbocycles. The van der Waals surface area contributed by atoms with Crippen molar-refractivity contribution in [1.82, 2.24) is 20.2 Å². The van der Waals surface area contributed by atoms with Crippen molar-refractivity contribution in [3.63, 3.8) is 0 Å². The first-order chi connectivity index (χ1) is 14.3. The average Bonchev–Trinajstić information content (AvgIpc) is 3.25. The molecule has 146 valence electrons. The molecule has 0 spiro atoms. The van der Waals surface area contributed by atoms with E-state index in [9.17, 15) is 0 Å². The topological polar surface area (TPSA) is 76.7 Å². The number of aromatic nitrogens is 4. The van der Waals surface area contributed by atoms with E-state index >= 15 is 0 Å². The monoisotopic (exact) mass is 405 g/mol. The number of benzene rings is 2. The smallest absolute Gasteiger partial charge is 0.286 e. The lowest BCUT2D eigenvalue weighted by Gasteiger charge is -2.24. The molecule has 1 saturated carbocycles. The van der Waals surface area contributed by atoms with Crippen molar-refractivity contribution in [2.45, 2.75) is 38.1 Å². The normalized spacial score (nSPS) is 14.9. The fourth-order valence-corrected chi connectivity index (χ4v) is 3.96. The minimum atomic E-state index is 0.289. The molecule has 7 heteroatoms. The maximum absolute atomic E-state index is 6.07. The van der Waals surface area contributed by atoms with Gasteiger partial charge in [-0.3, -0.25) is 0 Å². The highest BCUT2D eigenvalue weighted by molar-refractivity contribution is 6.30. The van der Waals surface area contributed by atoms with Gasteiger partial charge in [-0.1, -0.05) is 49.1 Å². The lowest BCUT2D eigenvalue weighted by atomic mass is 9.95. The first kappa shape index (κ1) is 18.1. The third-order valence-corrected chi connectivity index (χ3v) is 5.47. The van der Waals surface area contributed by atoms with Crippen LogP contribution in [0.4, 0.5) is 5.82 Å². The summed E-state index contributed by atoms with van der Waals surface area (Å²) in [4.78, 5) is 9.40. The van der Waals surface area contributed by atoms with Crippen LogP contribution in [0.1, 0.15) is 32.1 Å². The van der Waals surface area contributed by atoms with Gasteiger partial charge in [0.15, 0.2) is 0 Å². The maximum atomic E-state index is 6.07. The van der Waals surface area contributed by atoms with Crippen molar-refractivity contribution < 1.29 is 4.42 Å². The molecule has 1 aliphatic carbocycles. The summed E-state index contributed by atoms with van der Waals surface area (Å²) in [5.41, 5.74) is 1.61. The van der Waals surface area contributed by atoms with Crippen LogP contribution in [-0.2, 0) is 0 Å². The Labute approximate surface area is 173 Å². The molecule has 1 fully saturated rings. The van der Waals surface area contributed by atoms with Gasteiger partial charge in [0.1, 0.15) is 5.82 Å². The van der Waals surface area contributed by atoms with E-state index in [4.69, 9.17) is 21.0 Å². The third-order valence-electron chi connectivity index (χ3n) is 5.24. The third kappa shape index (κ3) is 3.80.